The highest BCUT2D eigenvalue weighted by Gasteiger charge is 2.15. The van der Waals surface area contributed by atoms with Crippen molar-refractivity contribution in [3.63, 3.8) is 0 Å². The number of hydrogen-bond acceptors (Lipinski definition) is 2. The average molecular weight is 335 g/mol. The number of carbonyl (C=O) groups excluding carboxylic acids is 1. The molecule has 0 saturated heterocycles. The van der Waals surface area contributed by atoms with Crippen LogP contribution in [-0.2, 0) is 6.42 Å². The Balaban J connectivity index is 0.000000385. The zero-order chi connectivity index (χ0) is 18.4. The van der Waals surface area contributed by atoms with Crippen LogP contribution < -0.4 is 0 Å². The van der Waals surface area contributed by atoms with Gasteiger partial charge in [0.25, 0.3) is 0 Å². The van der Waals surface area contributed by atoms with Gasteiger partial charge in [-0.2, -0.15) is 0 Å². The first-order chi connectivity index (χ1) is 11.7. The largest absolute Gasteiger partial charge is 0.292 e. The van der Waals surface area contributed by atoms with E-state index in [2.05, 4.69) is 4.98 Å². The van der Waals surface area contributed by atoms with Crippen molar-refractivity contribution in [1.82, 2.24) is 4.98 Å². The van der Waals surface area contributed by atoms with Crippen molar-refractivity contribution in [2.45, 2.75) is 53.4 Å². The molecule has 0 unspecified atom stereocenters. The third kappa shape index (κ3) is 7.44. The van der Waals surface area contributed by atoms with E-state index in [1.54, 1.807) is 6.20 Å². The molecule has 1 heterocycles. The average Bonchev–Trinajstić information content (AvgIpc) is 2.84. The summed E-state index contributed by atoms with van der Waals surface area (Å²) in [5, 5.41) is 0. The van der Waals surface area contributed by atoms with Gasteiger partial charge in [0.1, 0.15) is 5.69 Å². The normalized spacial score (nSPS) is 12.0. The highest BCUT2D eigenvalue weighted by Crippen LogP contribution is 2.17. The van der Waals surface area contributed by atoms with Gasteiger partial charge in [0.2, 0.25) is 0 Å². The molecule has 0 radical (unpaired) electrons. The Hall–Kier alpha value is -2.10. The molecule has 3 rings (SSSR count). The molecule has 132 valence electrons. The fourth-order valence-corrected chi connectivity index (χ4v) is 2.05. The number of halogens is 2. The standard InChI is InChI=1S/C10H11NO.C6H4F2.2C2H6/c12-9-6-2-1-4-8-5-3-7-11-10(8)9;7-5-3-1-2-4-6(5)8;2*1-2/h3,5,7H,1-2,4,6H2;1-4H;2*1-2H3. The Morgan fingerprint density at radius 3 is 1.92 bits per heavy atom. The van der Waals surface area contributed by atoms with E-state index in [1.165, 1.54) is 12.1 Å². The molecule has 2 nitrogen and oxygen atoms in total. The van der Waals surface area contributed by atoms with E-state index < -0.39 is 11.6 Å². The summed E-state index contributed by atoms with van der Waals surface area (Å²) in [5.74, 6) is -1.39. The lowest BCUT2D eigenvalue weighted by atomic mass is 10.1. The zero-order valence-electron chi connectivity index (χ0n) is 15.0. The van der Waals surface area contributed by atoms with Crippen LogP contribution in [0, 0.1) is 11.6 Å². The number of hydrogen-bond donors (Lipinski definition) is 0. The van der Waals surface area contributed by atoms with Gasteiger partial charge in [-0.05, 0) is 43.0 Å². The molecule has 1 aromatic heterocycles. The second kappa shape index (κ2) is 13.3. The molecule has 0 aliphatic heterocycles. The number of Topliss-reactive ketones (excluding diaryl/α,β-unsaturated/α-hetero) is 1. The number of fused-ring (bicyclic) bond motifs is 1. The van der Waals surface area contributed by atoms with E-state index in [4.69, 9.17) is 0 Å². The lowest BCUT2D eigenvalue weighted by molar-refractivity contribution is 0.0977. The smallest absolute Gasteiger partial charge is 0.181 e. The molecule has 2 aromatic rings. The molecule has 1 aliphatic rings. The molecule has 0 atom stereocenters. The van der Waals surface area contributed by atoms with E-state index in [0.717, 1.165) is 37.0 Å². The maximum absolute atomic E-state index is 11.9. The van der Waals surface area contributed by atoms with Crippen molar-refractivity contribution in [1.29, 1.82) is 0 Å². The van der Waals surface area contributed by atoms with E-state index in [1.807, 2.05) is 39.8 Å². The quantitative estimate of drug-likeness (QED) is 0.552. The van der Waals surface area contributed by atoms with Gasteiger partial charge >= 0.3 is 0 Å². The number of aryl methyl sites for hydroxylation is 1. The van der Waals surface area contributed by atoms with E-state index in [0.29, 0.717) is 12.1 Å². The van der Waals surface area contributed by atoms with Crippen LogP contribution in [-0.4, -0.2) is 10.8 Å². The summed E-state index contributed by atoms with van der Waals surface area (Å²) in [6.45, 7) is 8.00. The minimum absolute atomic E-state index is 0.211. The zero-order valence-corrected chi connectivity index (χ0v) is 15.0. The van der Waals surface area contributed by atoms with Crippen molar-refractivity contribution in [2.75, 3.05) is 0 Å². The maximum Gasteiger partial charge on any atom is 0.181 e. The minimum atomic E-state index is -0.799. The summed E-state index contributed by atoms with van der Waals surface area (Å²) < 4.78 is 23.9. The third-order valence-electron chi connectivity index (χ3n) is 3.08. The number of ketones is 1. The van der Waals surface area contributed by atoms with Gasteiger partial charge in [-0.1, -0.05) is 45.9 Å². The highest BCUT2D eigenvalue weighted by molar-refractivity contribution is 5.95. The molecule has 4 heteroatoms. The summed E-state index contributed by atoms with van der Waals surface area (Å²) >= 11 is 0. The number of carbonyl (C=O) groups is 1. The van der Waals surface area contributed by atoms with Gasteiger partial charge in [0, 0.05) is 12.6 Å². The molecule has 0 N–H and O–H groups in total. The first-order valence-electron chi connectivity index (χ1n) is 8.55. The van der Waals surface area contributed by atoms with Gasteiger partial charge in [-0.25, -0.2) is 8.78 Å². The molecule has 0 spiro atoms. The second-order valence-electron chi connectivity index (χ2n) is 4.56. The summed E-state index contributed by atoms with van der Waals surface area (Å²) in [7, 11) is 0. The molecule has 24 heavy (non-hydrogen) atoms. The first-order valence-corrected chi connectivity index (χ1v) is 8.55. The summed E-state index contributed by atoms with van der Waals surface area (Å²) in [6.07, 6.45) is 5.50. The minimum Gasteiger partial charge on any atom is -0.292 e. The maximum atomic E-state index is 11.9. The van der Waals surface area contributed by atoms with Crippen molar-refractivity contribution in [3.8, 4) is 0 Å². The predicted molar refractivity (Wildman–Crippen MR) is 95.2 cm³/mol. The van der Waals surface area contributed by atoms with Gasteiger partial charge in [-0.15, -0.1) is 0 Å². The Kier molecular flexibility index (Phi) is 12.2. The van der Waals surface area contributed by atoms with Crippen LogP contribution >= 0.6 is 0 Å². The SMILES string of the molecule is CC.CC.Fc1ccccc1F.O=C1CCCCc2cccnc21. The molecule has 0 bridgehead atoms. The number of rotatable bonds is 0. The van der Waals surface area contributed by atoms with Crippen LogP contribution in [0.5, 0.6) is 0 Å². The topological polar surface area (TPSA) is 30.0 Å². The van der Waals surface area contributed by atoms with Gasteiger partial charge in [0.05, 0.1) is 0 Å². The predicted octanol–water partition coefficient (Wildman–Crippen LogP) is 6.01. The van der Waals surface area contributed by atoms with Crippen molar-refractivity contribution < 1.29 is 13.6 Å². The molecule has 0 saturated carbocycles. The fraction of sp³-hybridized carbons (Fsp3) is 0.400. The Morgan fingerprint density at radius 2 is 1.38 bits per heavy atom. The van der Waals surface area contributed by atoms with Gasteiger partial charge in [0.15, 0.2) is 17.4 Å². The lowest BCUT2D eigenvalue weighted by Crippen LogP contribution is -2.02. The fourth-order valence-electron chi connectivity index (χ4n) is 2.05. The van der Waals surface area contributed by atoms with E-state index >= 15 is 0 Å². The van der Waals surface area contributed by atoms with E-state index in [-0.39, 0.29) is 5.78 Å². The monoisotopic (exact) mass is 335 g/mol. The molecule has 0 amide bonds. The van der Waals surface area contributed by atoms with Crippen LogP contribution in [0.2, 0.25) is 0 Å². The van der Waals surface area contributed by atoms with Crippen LogP contribution in [0.25, 0.3) is 0 Å². The molecule has 0 fully saturated rings. The lowest BCUT2D eigenvalue weighted by Gasteiger charge is -2.00. The van der Waals surface area contributed by atoms with Crippen molar-refractivity contribution in [3.05, 3.63) is 65.5 Å². The first kappa shape index (κ1) is 21.9. The number of benzene rings is 1. The third-order valence-corrected chi connectivity index (χ3v) is 3.08. The van der Waals surface area contributed by atoms with Crippen LogP contribution in [0.1, 0.15) is 63.0 Å². The van der Waals surface area contributed by atoms with Gasteiger partial charge in [-0.3, -0.25) is 9.78 Å². The van der Waals surface area contributed by atoms with Crippen LogP contribution in [0.4, 0.5) is 8.78 Å². The Morgan fingerprint density at radius 1 is 0.833 bits per heavy atom. The Bertz CT molecular complexity index is 579. The van der Waals surface area contributed by atoms with Crippen LogP contribution in [0.3, 0.4) is 0 Å². The second-order valence-corrected chi connectivity index (χ2v) is 4.56. The van der Waals surface area contributed by atoms with Crippen molar-refractivity contribution in [2.24, 2.45) is 0 Å². The summed E-state index contributed by atoms with van der Waals surface area (Å²) in [6, 6.07) is 8.95. The summed E-state index contributed by atoms with van der Waals surface area (Å²) in [5.41, 5.74) is 1.83. The highest BCUT2D eigenvalue weighted by atomic mass is 19.2. The number of aromatic nitrogens is 1. The Labute approximate surface area is 143 Å². The van der Waals surface area contributed by atoms with Gasteiger partial charge < -0.3 is 0 Å². The molecule has 1 aliphatic carbocycles. The molecular weight excluding hydrogens is 308 g/mol. The van der Waals surface area contributed by atoms with Crippen LogP contribution in [0.15, 0.2) is 42.6 Å². The molecular formula is C20H27F2NO. The summed E-state index contributed by atoms with van der Waals surface area (Å²) in [4.78, 5) is 15.6. The van der Waals surface area contributed by atoms with E-state index in [9.17, 15) is 13.6 Å². The number of pyridine rings is 1. The van der Waals surface area contributed by atoms with Crippen molar-refractivity contribution >= 4 is 5.78 Å². The molecule has 1 aromatic carbocycles. The number of nitrogens with zero attached hydrogens (tertiary/aromatic N) is 1.